The number of hydrogen-bond acceptors (Lipinski definition) is 6. The number of nitrogens with zero attached hydrogens (tertiary/aromatic N) is 5. The summed E-state index contributed by atoms with van der Waals surface area (Å²) in [7, 11) is 1.64. The minimum Gasteiger partial charge on any atom is -0.497 e. The lowest BCUT2D eigenvalue weighted by atomic mass is 10.1. The van der Waals surface area contributed by atoms with Crippen molar-refractivity contribution in [1.82, 2.24) is 20.0 Å². The maximum Gasteiger partial charge on any atom is 0.254 e. The lowest BCUT2D eigenvalue weighted by Gasteiger charge is -2.31. The summed E-state index contributed by atoms with van der Waals surface area (Å²) < 4.78 is 5.31. The van der Waals surface area contributed by atoms with Crippen LogP contribution in [0.5, 0.6) is 5.75 Å². The molecule has 1 aliphatic heterocycles. The highest BCUT2D eigenvalue weighted by Gasteiger charge is 2.27. The van der Waals surface area contributed by atoms with Gasteiger partial charge in [0, 0.05) is 43.3 Å². The molecule has 1 atom stereocenters. The third-order valence-corrected chi connectivity index (χ3v) is 6.90. The molecule has 0 N–H and O–H groups in total. The number of hydrogen-bond donors (Lipinski definition) is 0. The zero-order valence-electron chi connectivity index (χ0n) is 21.8. The maximum atomic E-state index is 13.3. The summed E-state index contributed by atoms with van der Waals surface area (Å²) in [6, 6.07) is 20.8. The minimum atomic E-state index is -0.105. The molecule has 1 aliphatic rings. The summed E-state index contributed by atoms with van der Waals surface area (Å²) in [5, 5.41) is 8.89. The van der Waals surface area contributed by atoms with Gasteiger partial charge < -0.3 is 19.4 Å². The molecule has 37 heavy (non-hydrogen) atoms. The first kappa shape index (κ1) is 26.1. The van der Waals surface area contributed by atoms with E-state index in [4.69, 9.17) is 4.74 Å². The first-order chi connectivity index (χ1) is 18.0. The normalized spacial score (nSPS) is 14.6. The smallest absolute Gasteiger partial charge is 0.254 e. The number of rotatable bonds is 8. The van der Waals surface area contributed by atoms with Crippen molar-refractivity contribution in [3.63, 3.8) is 0 Å². The van der Waals surface area contributed by atoms with Crippen LogP contribution in [-0.4, -0.2) is 77.7 Å². The molecule has 1 aromatic heterocycles. The molecule has 1 fully saturated rings. The van der Waals surface area contributed by atoms with Crippen LogP contribution in [0.3, 0.4) is 0 Å². The fraction of sp³-hybridized carbons (Fsp3) is 0.379. The van der Waals surface area contributed by atoms with Crippen molar-refractivity contribution in [3.05, 3.63) is 72.3 Å². The minimum absolute atomic E-state index is 0.0223. The summed E-state index contributed by atoms with van der Waals surface area (Å²) >= 11 is 0. The second-order valence-electron chi connectivity index (χ2n) is 9.29. The molecule has 0 spiro atoms. The second kappa shape index (κ2) is 12.3. The molecule has 0 bridgehead atoms. The number of amides is 2. The highest BCUT2D eigenvalue weighted by atomic mass is 16.5. The number of ether oxygens (including phenoxy) is 1. The molecule has 8 heteroatoms. The molecular weight excluding hydrogens is 466 g/mol. The summed E-state index contributed by atoms with van der Waals surface area (Å²) in [5.74, 6) is 1.44. The van der Waals surface area contributed by atoms with Crippen LogP contribution in [0.4, 0.5) is 5.82 Å². The van der Waals surface area contributed by atoms with E-state index < -0.39 is 0 Å². The van der Waals surface area contributed by atoms with Gasteiger partial charge in [-0.1, -0.05) is 37.3 Å². The van der Waals surface area contributed by atoms with E-state index in [2.05, 4.69) is 15.1 Å². The molecule has 2 heterocycles. The maximum absolute atomic E-state index is 13.3. The van der Waals surface area contributed by atoms with Gasteiger partial charge in [0.25, 0.3) is 5.91 Å². The SMILES string of the molecule is CC[C@@H](C)N(CC(=O)N1CCCN(c2ccc(-c3cccc(OC)c3)nn2)CC1)C(=O)c1ccccc1. The van der Waals surface area contributed by atoms with E-state index in [0.717, 1.165) is 42.2 Å². The predicted octanol–water partition coefficient (Wildman–Crippen LogP) is 4.13. The summed E-state index contributed by atoms with van der Waals surface area (Å²) in [6.45, 7) is 6.78. The molecule has 8 nitrogen and oxygen atoms in total. The Labute approximate surface area is 218 Å². The van der Waals surface area contributed by atoms with Gasteiger partial charge >= 0.3 is 0 Å². The van der Waals surface area contributed by atoms with Gasteiger partial charge in [0.05, 0.1) is 12.8 Å². The van der Waals surface area contributed by atoms with E-state index in [-0.39, 0.29) is 24.4 Å². The standard InChI is InChI=1S/C29H35N5O3/c1-4-22(2)34(29(36)23-10-6-5-7-11-23)21-28(35)33-17-9-16-32(18-19-33)27-15-14-26(30-31-27)24-12-8-13-25(20-24)37-3/h5-8,10-15,20,22H,4,9,16-19,21H2,1-3H3/t22-/m1/s1. The second-order valence-corrected chi connectivity index (χ2v) is 9.29. The molecule has 0 saturated carbocycles. The Morgan fingerprint density at radius 2 is 1.78 bits per heavy atom. The molecule has 194 valence electrons. The van der Waals surface area contributed by atoms with Crippen molar-refractivity contribution in [1.29, 1.82) is 0 Å². The van der Waals surface area contributed by atoms with Gasteiger partial charge in [0.2, 0.25) is 5.91 Å². The zero-order valence-corrected chi connectivity index (χ0v) is 21.8. The summed E-state index contributed by atoms with van der Waals surface area (Å²) in [6.07, 6.45) is 1.60. The van der Waals surface area contributed by atoms with Crippen LogP contribution in [0.1, 0.15) is 37.0 Å². The van der Waals surface area contributed by atoms with Crippen molar-refractivity contribution in [2.45, 2.75) is 32.7 Å². The molecule has 3 aromatic rings. The van der Waals surface area contributed by atoms with Gasteiger partial charge in [0.1, 0.15) is 12.3 Å². The predicted molar refractivity (Wildman–Crippen MR) is 145 cm³/mol. The first-order valence-electron chi connectivity index (χ1n) is 12.9. The number of methoxy groups -OCH3 is 1. The van der Waals surface area contributed by atoms with Gasteiger partial charge in [-0.05, 0) is 56.2 Å². The van der Waals surface area contributed by atoms with Crippen molar-refractivity contribution in [3.8, 4) is 17.0 Å². The van der Waals surface area contributed by atoms with Crippen LogP contribution in [0.2, 0.25) is 0 Å². The molecule has 0 radical (unpaired) electrons. The fourth-order valence-corrected chi connectivity index (χ4v) is 4.47. The highest BCUT2D eigenvalue weighted by Crippen LogP contribution is 2.23. The fourth-order valence-electron chi connectivity index (χ4n) is 4.47. The number of benzene rings is 2. The third-order valence-electron chi connectivity index (χ3n) is 6.90. The largest absolute Gasteiger partial charge is 0.497 e. The van der Waals surface area contributed by atoms with Crippen LogP contribution in [-0.2, 0) is 4.79 Å². The van der Waals surface area contributed by atoms with Gasteiger partial charge in [-0.25, -0.2) is 0 Å². The Kier molecular flexibility index (Phi) is 8.72. The van der Waals surface area contributed by atoms with Crippen molar-refractivity contribution < 1.29 is 14.3 Å². The van der Waals surface area contributed by atoms with E-state index in [9.17, 15) is 9.59 Å². The monoisotopic (exact) mass is 501 g/mol. The van der Waals surface area contributed by atoms with Crippen molar-refractivity contribution >= 4 is 17.6 Å². The summed E-state index contributed by atoms with van der Waals surface area (Å²) in [4.78, 5) is 32.2. The number of aromatic nitrogens is 2. The molecule has 0 unspecified atom stereocenters. The number of carbonyl (C=O) groups excluding carboxylic acids is 2. The summed E-state index contributed by atoms with van der Waals surface area (Å²) in [5.41, 5.74) is 2.33. The van der Waals surface area contributed by atoms with Gasteiger partial charge in [-0.15, -0.1) is 10.2 Å². The van der Waals surface area contributed by atoms with Crippen molar-refractivity contribution in [2.24, 2.45) is 0 Å². The van der Waals surface area contributed by atoms with Crippen LogP contribution in [0.15, 0.2) is 66.7 Å². The highest BCUT2D eigenvalue weighted by molar-refractivity contribution is 5.96. The molecule has 2 aromatic carbocycles. The molecule has 2 amide bonds. The Hall–Kier alpha value is -3.94. The Balaban J connectivity index is 1.39. The van der Waals surface area contributed by atoms with Crippen molar-refractivity contribution in [2.75, 3.05) is 44.7 Å². The van der Waals surface area contributed by atoms with Gasteiger partial charge in [-0.2, -0.15) is 0 Å². The Bertz CT molecular complexity index is 1190. The molecule has 4 rings (SSSR count). The number of carbonyl (C=O) groups is 2. The Morgan fingerprint density at radius 1 is 0.973 bits per heavy atom. The molecule has 1 saturated heterocycles. The van der Waals surface area contributed by atoms with E-state index >= 15 is 0 Å². The third kappa shape index (κ3) is 6.44. The zero-order chi connectivity index (χ0) is 26.2. The number of anilines is 1. The van der Waals surface area contributed by atoms with Crippen LogP contribution >= 0.6 is 0 Å². The van der Waals surface area contributed by atoms with E-state index in [1.165, 1.54) is 0 Å². The first-order valence-corrected chi connectivity index (χ1v) is 12.9. The van der Waals surface area contributed by atoms with Crippen LogP contribution < -0.4 is 9.64 Å². The van der Waals surface area contributed by atoms with Gasteiger partial charge in [-0.3, -0.25) is 9.59 Å². The molecule has 0 aliphatic carbocycles. The van der Waals surface area contributed by atoms with Gasteiger partial charge in [0.15, 0.2) is 5.82 Å². The molecular formula is C29H35N5O3. The van der Waals surface area contributed by atoms with E-state index in [1.807, 2.05) is 73.3 Å². The Morgan fingerprint density at radius 3 is 2.49 bits per heavy atom. The quantitative estimate of drug-likeness (QED) is 0.462. The lowest BCUT2D eigenvalue weighted by molar-refractivity contribution is -0.132. The van der Waals surface area contributed by atoms with Crippen LogP contribution in [0, 0.1) is 0 Å². The lowest BCUT2D eigenvalue weighted by Crippen LogP contribution is -2.47. The van der Waals surface area contributed by atoms with E-state index in [0.29, 0.717) is 25.2 Å². The average molecular weight is 502 g/mol. The van der Waals surface area contributed by atoms with E-state index in [1.54, 1.807) is 24.1 Å². The topological polar surface area (TPSA) is 78.9 Å². The average Bonchev–Trinajstić information content (AvgIpc) is 3.22. The van der Waals surface area contributed by atoms with Crippen LogP contribution in [0.25, 0.3) is 11.3 Å².